The molecular weight excluding hydrogens is 201 g/mol. The van der Waals surface area contributed by atoms with Crippen molar-refractivity contribution < 1.29 is 4.39 Å². The summed E-state index contributed by atoms with van der Waals surface area (Å²) >= 11 is 0. The van der Waals surface area contributed by atoms with Gasteiger partial charge in [-0.1, -0.05) is 24.3 Å². The van der Waals surface area contributed by atoms with Gasteiger partial charge in [0.2, 0.25) is 0 Å². The lowest BCUT2D eigenvalue weighted by molar-refractivity contribution is 0.175. The van der Waals surface area contributed by atoms with Crippen molar-refractivity contribution in [1.82, 2.24) is 5.32 Å². The molecule has 0 amide bonds. The van der Waals surface area contributed by atoms with Gasteiger partial charge in [-0.2, -0.15) is 0 Å². The second-order valence-electron chi connectivity index (χ2n) is 4.80. The third-order valence-electron chi connectivity index (χ3n) is 3.76. The SMILES string of the molecule is CNC(C)c1ccc(C2(F)CCCC2)cc1. The van der Waals surface area contributed by atoms with Gasteiger partial charge in [0.05, 0.1) is 0 Å². The molecule has 0 bridgehead atoms. The number of nitrogens with one attached hydrogen (secondary N) is 1. The van der Waals surface area contributed by atoms with Crippen molar-refractivity contribution in [1.29, 1.82) is 0 Å². The van der Waals surface area contributed by atoms with Crippen LogP contribution in [-0.2, 0) is 5.67 Å². The molecule has 88 valence electrons. The molecule has 0 heterocycles. The Balaban J connectivity index is 2.18. The summed E-state index contributed by atoms with van der Waals surface area (Å²) in [5.74, 6) is 0. The molecule has 1 aromatic carbocycles. The van der Waals surface area contributed by atoms with Crippen LogP contribution in [0.1, 0.15) is 49.8 Å². The Morgan fingerprint density at radius 2 is 1.75 bits per heavy atom. The summed E-state index contributed by atoms with van der Waals surface area (Å²) in [5, 5.41) is 3.19. The first-order valence-electron chi connectivity index (χ1n) is 6.12. The normalized spacial score (nSPS) is 20.9. The van der Waals surface area contributed by atoms with E-state index in [1.54, 1.807) is 0 Å². The molecule has 0 aliphatic heterocycles. The molecule has 16 heavy (non-hydrogen) atoms. The average molecular weight is 221 g/mol. The maximum atomic E-state index is 14.4. The molecule has 1 atom stereocenters. The first kappa shape index (κ1) is 11.6. The number of alkyl halides is 1. The van der Waals surface area contributed by atoms with E-state index < -0.39 is 5.67 Å². The fraction of sp³-hybridized carbons (Fsp3) is 0.571. The Hall–Kier alpha value is -0.890. The maximum absolute atomic E-state index is 14.4. The van der Waals surface area contributed by atoms with Crippen molar-refractivity contribution >= 4 is 0 Å². The summed E-state index contributed by atoms with van der Waals surface area (Å²) in [4.78, 5) is 0. The van der Waals surface area contributed by atoms with Crippen molar-refractivity contribution in [3.63, 3.8) is 0 Å². The predicted octanol–water partition coefficient (Wildman–Crippen LogP) is 3.71. The van der Waals surface area contributed by atoms with Crippen LogP contribution in [0.5, 0.6) is 0 Å². The van der Waals surface area contributed by atoms with Crippen LogP contribution in [0.25, 0.3) is 0 Å². The topological polar surface area (TPSA) is 12.0 Å². The number of hydrogen-bond donors (Lipinski definition) is 1. The lowest BCUT2D eigenvalue weighted by Gasteiger charge is -2.20. The van der Waals surface area contributed by atoms with Gasteiger partial charge in [0.15, 0.2) is 0 Å². The predicted molar refractivity (Wildman–Crippen MR) is 65.2 cm³/mol. The van der Waals surface area contributed by atoms with E-state index in [0.29, 0.717) is 18.9 Å². The molecule has 1 saturated carbocycles. The van der Waals surface area contributed by atoms with Crippen molar-refractivity contribution in [2.24, 2.45) is 0 Å². The van der Waals surface area contributed by atoms with Crippen molar-refractivity contribution in [3.8, 4) is 0 Å². The highest BCUT2D eigenvalue weighted by Gasteiger charge is 2.35. The van der Waals surface area contributed by atoms with Gasteiger partial charge >= 0.3 is 0 Å². The highest BCUT2D eigenvalue weighted by atomic mass is 19.1. The fourth-order valence-corrected chi connectivity index (χ4v) is 2.46. The molecule has 0 aromatic heterocycles. The number of benzene rings is 1. The molecule has 1 N–H and O–H groups in total. The molecule has 0 saturated heterocycles. The Morgan fingerprint density at radius 1 is 1.19 bits per heavy atom. The van der Waals surface area contributed by atoms with Gasteiger partial charge in [0, 0.05) is 6.04 Å². The smallest absolute Gasteiger partial charge is 0.136 e. The second kappa shape index (κ2) is 4.54. The standard InChI is InChI=1S/C14H20FN/c1-11(16-2)12-5-7-13(8-6-12)14(15)9-3-4-10-14/h5-8,11,16H,3-4,9-10H2,1-2H3. The van der Waals surface area contributed by atoms with Gasteiger partial charge < -0.3 is 5.32 Å². The first-order valence-corrected chi connectivity index (χ1v) is 6.12. The van der Waals surface area contributed by atoms with E-state index in [1.165, 1.54) is 5.56 Å². The molecule has 0 radical (unpaired) electrons. The minimum atomic E-state index is -1.05. The molecule has 1 aromatic rings. The van der Waals surface area contributed by atoms with E-state index in [9.17, 15) is 4.39 Å². The van der Waals surface area contributed by atoms with Crippen LogP contribution in [0, 0.1) is 0 Å². The van der Waals surface area contributed by atoms with Gasteiger partial charge in [-0.25, -0.2) is 4.39 Å². The first-order chi connectivity index (χ1) is 7.65. The lowest BCUT2D eigenvalue weighted by atomic mass is 9.92. The Kier molecular flexibility index (Phi) is 3.29. The van der Waals surface area contributed by atoms with Gasteiger partial charge in [0.1, 0.15) is 5.67 Å². The van der Waals surface area contributed by atoms with E-state index in [1.807, 2.05) is 31.3 Å². The van der Waals surface area contributed by atoms with Crippen molar-refractivity contribution in [2.75, 3.05) is 7.05 Å². The van der Waals surface area contributed by atoms with E-state index in [2.05, 4.69) is 12.2 Å². The maximum Gasteiger partial charge on any atom is 0.136 e. The molecule has 1 aliphatic rings. The lowest BCUT2D eigenvalue weighted by Crippen LogP contribution is -2.16. The molecule has 0 spiro atoms. The summed E-state index contributed by atoms with van der Waals surface area (Å²) in [5.41, 5.74) is 1.02. The number of halogens is 1. The van der Waals surface area contributed by atoms with E-state index >= 15 is 0 Å². The highest BCUT2D eigenvalue weighted by Crippen LogP contribution is 2.42. The molecular formula is C14H20FN. The van der Waals surface area contributed by atoms with Crippen molar-refractivity contribution in [3.05, 3.63) is 35.4 Å². The molecule has 2 heteroatoms. The van der Waals surface area contributed by atoms with Crippen LogP contribution in [0.2, 0.25) is 0 Å². The largest absolute Gasteiger partial charge is 0.313 e. The van der Waals surface area contributed by atoms with E-state index in [-0.39, 0.29) is 0 Å². The zero-order valence-electron chi connectivity index (χ0n) is 10.1. The average Bonchev–Trinajstić information content (AvgIpc) is 2.77. The van der Waals surface area contributed by atoms with Crippen molar-refractivity contribution in [2.45, 2.75) is 44.3 Å². The van der Waals surface area contributed by atoms with Gasteiger partial charge in [-0.15, -0.1) is 0 Å². The van der Waals surface area contributed by atoms with Crippen LogP contribution in [0.4, 0.5) is 4.39 Å². The van der Waals surface area contributed by atoms with E-state index in [4.69, 9.17) is 0 Å². The number of hydrogen-bond acceptors (Lipinski definition) is 1. The number of rotatable bonds is 3. The third kappa shape index (κ3) is 2.12. The molecule has 1 fully saturated rings. The zero-order valence-corrected chi connectivity index (χ0v) is 10.1. The zero-order chi connectivity index (χ0) is 11.6. The van der Waals surface area contributed by atoms with Crippen LogP contribution in [0.15, 0.2) is 24.3 Å². The highest BCUT2D eigenvalue weighted by molar-refractivity contribution is 5.29. The van der Waals surface area contributed by atoms with Crippen LogP contribution in [-0.4, -0.2) is 7.05 Å². The van der Waals surface area contributed by atoms with Gasteiger partial charge in [0.25, 0.3) is 0 Å². The van der Waals surface area contributed by atoms with Crippen LogP contribution < -0.4 is 5.32 Å². The summed E-state index contributed by atoms with van der Waals surface area (Å²) in [7, 11) is 1.94. The Bertz CT molecular complexity index is 338. The van der Waals surface area contributed by atoms with Crippen LogP contribution >= 0.6 is 0 Å². The molecule has 1 unspecified atom stereocenters. The third-order valence-corrected chi connectivity index (χ3v) is 3.76. The monoisotopic (exact) mass is 221 g/mol. The molecule has 2 rings (SSSR count). The molecule has 1 aliphatic carbocycles. The minimum absolute atomic E-state index is 0.327. The van der Waals surface area contributed by atoms with Gasteiger partial charge in [-0.05, 0) is 50.8 Å². The molecule has 1 nitrogen and oxygen atoms in total. The summed E-state index contributed by atoms with van der Waals surface area (Å²) in [6.07, 6.45) is 3.41. The summed E-state index contributed by atoms with van der Waals surface area (Å²) in [6, 6.07) is 8.31. The Labute approximate surface area is 97.1 Å². The van der Waals surface area contributed by atoms with Gasteiger partial charge in [-0.3, -0.25) is 0 Å². The second-order valence-corrected chi connectivity index (χ2v) is 4.80. The summed E-state index contributed by atoms with van der Waals surface area (Å²) in [6.45, 7) is 2.11. The quantitative estimate of drug-likeness (QED) is 0.820. The van der Waals surface area contributed by atoms with E-state index in [0.717, 1.165) is 18.4 Å². The minimum Gasteiger partial charge on any atom is -0.313 e. The van der Waals surface area contributed by atoms with Crippen LogP contribution in [0.3, 0.4) is 0 Å². The fourth-order valence-electron chi connectivity index (χ4n) is 2.46. The summed E-state index contributed by atoms with van der Waals surface area (Å²) < 4.78 is 14.4. The Morgan fingerprint density at radius 3 is 2.25 bits per heavy atom.